The van der Waals surface area contributed by atoms with Crippen LogP contribution in [0.5, 0.6) is 0 Å². The molecule has 31 heavy (non-hydrogen) atoms. The molecule has 3 heterocycles. The standard InChI is InChI=1S/C24H26N4O3/c1-15-6-7-16(2)19(13-15)17(3)26-22(29)18-8-10-28(11-9-18)24-20(14-25)27-23(31-24)21-5-4-12-30-21/h4-7,12-13,17-18H,8-11H2,1-3H3,(H,26,29). The van der Waals surface area contributed by atoms with Gasteiger partial charge in [-0.25, -0.2) is 0 Å². The van der Waals surface area contributed by atoms with Crippen molar-refractivity contribution in [3.63, 3.8) is 0 Å². The Labute approximate surface area is 181 Å². The molecule has 1 unspecified atom stereocenters. The van der Waals surface area contributed by atoms with Gasteiger partial charge in [-0.05, 0) is 56.9 Å². The van der Waals surface area contributed by atoms with Crippen LogP contribution in [0.3, 0.4) is 0 Å². The summed E-state index contributed by atoms with van der Waals surface area (Å²) in [6.07, 6.45) is 2.91. The summed E-state index contributed by atoms with van der Waals surface area (Å²) in [5, 5.41) is 12.6. The summed E-state index contributed by atoms with van der Waals surface area (Å²) in [6, 6.07) is 11.8. The number of benzene rings is 1. The topological polar surface area (TPSA) is 95.3 Å². The third kappa shape index (κ3) is 4.33. The van der Waals surface area contributed by atoms with Crippen LogP contribution < -0.4 is 10.2 Å². The fourth-order valence-corrected chi connectivity index (χ4v) is 4.09. The summed E-state index contributed by atoms with van der Waals surface area (Å²) in [5.41, 5.74) is 3.74. The molecule has 1 atom stereocenters. The number of oxazole rings is 1. The van der Waals surface area contributed by atoms with Gasteiger partial charge in [0.1, 0.15) is 6.07 Å². The zero-order valence-electron chi connectivity index (χ0n) is 18.0. The lowest BCUT2D eigenvalue weighted by Crippen LogP contribution is -2.41. The number of nitrogens with one attached hydrogen (secondary N) is 1. The second-order valence-electron chi connectivity index (χ2n) is 8.11. The lowest BCUT2D eigenvalue weighted by Gasteiger charge is -2.31. The molecular weight excluding hydrogens is 392 g/mol. The Morgan fingerprint density at radius 2 is 2.06 bits per heavy atom. The second kappa shape index (κ2) is 8.68. The third-order valence-corrected chi connectivity index (χ3v) is 5.86. The zero-order chi connectivity index (χ0) is 22.0. The maximum atomic E-state index is 12.9. The van der Waals surface area contributed by atoms with E-state index in [-0.39, 0.29) is 23.6 Å². The lowest BCUT2D eigenvalue weighted by molar-refractivity contribution is -0.126. The third-order valence-electron chi connectivity index (χ3n) is 5.86. The van der Waals surface area contributed by atoms with Crippen LogP contribution in [-0.2, 0) is 4.79 Å². The number of hydrogen-bond donors (Lipinski definition) is 1. The van der Waals surface area contributed by atoms with Crippen LogP contribution >= 0.6 is 0 Å². The number of nitriles is 1. The summed E-state index contributed by atoms with van der Waals surface area (Å²) < 4.78 is 11.2. The molecule has 7 heteroatoms. The molecule has 1 saturated heterocycles. The molecule has 1 N–H and O–H groups in total. The molecular formula is C24H26N4O3. The van der Waals surface area contributed by atoms with Gasteiger partial charge in [0.05, 0.1) is 12.3 Å². The minimum Gasteiger partial charge on any atom is -0.459 e. The highest BCUT2D eigenvalue weighted by Gasteiger charge is 2.30. The molecule has 1 amide bonds. The zero-order valence-corrected chi connectivity index (χ0v) is 18.0. The highest BCUT2D eigenvalue weighted by atomic mass is 16.4. The van der Waals surface area contributed by atoms with Crippen LogP contribution in [-0.4, -0.2) is 24.0 Å². The summed E-state index contributed by atoms with van der Waals surface area (Å²) in [5.74, 6) is 1.22. The highest BCUT2D eigenvalue weighted by Crippen LogP contribution is 2.31. The Morgan fingerprint density at radius 3 is 2.74 bits per heavy atom. The minimum atomic E-state index is -0.0678. The van der Waals surface area contributed by atoms with E-state index >= 15 is 0 Å². The van der Waals surface area contributed by atoms with E-state index in [0.717, 1.165) is 5.56 Å². The number of hydrogen-bond acceptors (Lipinski definition) is 6. The van der Waals surface area contributed by atoms with Crippen molar-refractivity contribution >= 4 is 11.8 Å². The van der Waals surface area contributed by atoms with Gasteiger partial charge in [0, 0.05) is 19.0 Å². The molecule has 0 bridgehead atoms. The molecule has 160 valence electrons. The van der Waals surface area contributed by atoms with Gasteiger partial charge in [0.2, 0.25) is 17.5 Å². The number of rotatable bonds is 5. The fourth-order valence-electron chi connectivity index (χ4n) is 4.09. The van der Waals surface area contributed by atoms with Crippen LogP contribution in [0.4, 0.5) is 5.88 Å². The van der Waals surface area contributed by atoms with Crippen LogP contribution in [0, 0.1) is 31.1 Å². The number of amides is 1. The molecule has 4 rings (SSSR count). The van der Waals surface area contributed by atoms with Gasteiger partial charge in [0.15, 0.2) is 5.76 Å². The predicted molar refractivity (Wildman–Crippen MR) is 116 cm³/mol. The highest BCUT2D eigenvalue weighted by molar-refractivity contribution is 5.79. The average molecular weight is 418 g/mol. The summed E-state index contributed by atoms with van der Waals surface area (Å²) in [6.45, 7) is 7.40. The molecule has 1 aromatic carbocycles. The van der Waals surface area contributed by atoms with Gasteiger partial charge < -0.3 is 19.1 Å². The van der Waals surface area contributed by atoms with Crippen molar-refractivity contribution in [3.05, 3.63) is 59.0 Å². The molecule has 0 saturated carbocycles. The Hall–Kier alpha value is -3.53. The molecule has 1 aliphatic heterocycles. The quantitative estimate of drug-likeness (QED) is 0.655. The van der Waals surface area contributed by atoms with Gasteiger partial charge in [0.25, 0.3) is 5.89 Å². The maximum Gasteiger partial charge on any atom is 0.266 e. The van der Waals surface area contributed by atoms with E-state index < -0.39 is 0 Å². The number of carbonyl (C=O) groups is 1. The van der Waals surface area contributed by atoms with Crippen LogP contribution in [0.25, 0.3) is 11.7 Å². The first-order valence-electron chi connectivity index (χ1n) is 10.5. The van der Waals surface area contributed by atoms with Crippen molar-refractivity contribution in [2.24, 2.45) is 5.92 Å². The van der Waals surface area contributed by atoms with E-state index in [1.54, 1.807) is 12.1 Å². The summed E-state index contributed by atoms with van der Waals surface area (Å²) >= 11 is 0. The number of nitrogens with zero attached hydrogens (tertiary/aromatic N) is 3. The number of carbonyl (C=O) groups excluding carboxylic acids is 1. The first-order chi connectivity index (χ1) is 15.0. The molecule has 0 spiro atoms. The van der Waals surface area contributed by atoms with E-state index in [1.165, 1.54) is 17.4 Å². The average Bonchev–Trinajstić information content (AvgIpc) is 3.45. The van der Waals surface area contributed by atoms with Crippen molar-refractivity contribution in [3.8, 4) is 17.7 Å². The molecule has 7 nitrogen and oxygen atoms in total. The van der Waals surface area contributed by atoms with E-state index in [2.05, 4.69) is 48.4 Å². The number of aryl methyl sites for hydroxylation is 2. The minimum absolute atomic E-state index is 0.0410. The molecule has 0 radical (unpaired) electrons. The fraction of sp³-hybridized carbons (Fsp3) is 0.375. The van der Waals surface area contributed by atoms with Crippen molar-refractivity contribution in [1.82, 2.24) is 10.3 Å². The molecule has 1 aliphatic rings. The van der Waals surface area contributed by atoms with Gasteiger partial charge in [-0.1, -0.05) is 23.8 Å². The van der Waals surface area contributed by atoms with Crippen molar-refractivity contribution in [2.45, 2.75) is 39.7 Å². The van der Waals surface area contributed by atoms with Gasteiger partial charge in [-0.15, -0.1) is 0 Å². The molecule has 1 fully saturated rings. The summed E-state index contributed by atoms with van der Waals surface area (Å²) in [4.78, 5) is 19.1. The van der Waals surface area contributed by atoms with Crippen molar-refractivity contribution in [1.29, 1.82) is 5.26 Å². The number of anilines is 1. The number of piperidine rings is 1. The van der Waals surface area contributed by atoms with Gasteiger partial charge >= 0.3 is 0 Å². The second-order valence-corrected chi connectivity index (χ2v) is 8.11. The number of furan rings is 1. The predicted octanol–water partition coefficient (Wildman–Crippen LogP) is 4.52. The Kier molecular flexibility index (Phi) is 5.81. The van der Waals surface area contributed by atoms with Crippen LogP contribution in [0.15, 0.2) is 45.4 Å². The summed E-state index contributed by atoms with van der Waals surface area (Å²) in [7, 11) is 0. The first kappa shape index (κ1) is 20.7. The van der Waals surface area contributed by atoms with Crippen LogP contribution in [0.2, 0.25) is 0 Å². The van der Waals surface area contributed by atoms with Crippen molar-refractivity contribution in [2.75, 3.05) is 18.0 Å². The normalized spacial score (nSPS) is 15.5. The smallest absolute Gasteiger partial charge is 0.266 e. The first-order valence-corrected chi connectivity index (χ1v) is 10.5. The molecule has 3 aromatic rings. The Balaban J connectivity index is 1.39. The SMILES string of the molecule is Cc1ccc(C)c(C(C)NC(=O)C2CCN(c3oc(-c4ccco4)nc3C#N)CC2)c1. The van der Waals surface area contributed by atoms with Gasteiger partial charge in [-0.2, -0.15) is 10.2 Å². The lowest BCUT2D eigenvalue weighted by atomic mass is 9.94. The maximum absolute atomic E-state index is 12.9. The Bertz CT molecular complexity index is 1100. The van der Waals surface area contributed by atoms with E-state index in [0.29, 0.717) is 43.5 Å². The van der Waals surface area contributed by atoms with Crippen molar-refractivity contribution < 1.29 is 13.6 Å². The van der Waals surface area contributed by atoms with Gasteiger partial charge in [-0.3, -0.25) is 4.79 Å². The largest absolute Gasteiger partial charge is 0.459 e. The van der Waals surface area contributed by atoms with E-state index in [1.807, 2.05) is 11.8 Å². The Morgan fingerprint density at radius 1 is 1.29 bits per heavy atom. The van der Waals surface area contributed by atoms with Crippen LogP contribution in [0.1, 0.15) is 48.2 Å². The molecule has 2 aromatic heterocycles. The molecule has 0 aliphatic carbocycles. The van der Waals surface area contributed by atoms with E-state index in [9.17, 15) is 10.1 Å². The number of aromatic nitrogens is 1. The van der Waals surface area contributed by atoms with E-state index in [4.69, 9.17) is 8.83 Å². The monoisotopic (exact) mass is 418 g/mol.